The van der Waals surface area contributed by atoms with Gasteiger partial charge in [-0.2, -0.15) is 0 Å². The maximum absolute atomic E-state index is 13.4. The first kappa shape index (κ1) is 29.8. The van der Waals surface area contributed by atoms with Crippen molar-refractivity contribution in [3.8, 4) is 11.5 Å². The van der Waals surface area contributed by atoms with Crippen LogP contribution in [0.15, 0.2) is 78.9 Å². The lowest BCUT2D eigenvalue weighted by Crippen LogP contribution is -2.33. The van der Waals surface area contributed by atoms with Gasteiger partial charge in [0.2, 0.25) is 0 Å². The molecule has 0 fully saturated rings. The maximum Gasteiger partial charge on any atom is 0.340 e. The Labute approximate surface area is 262 Å². The van der Waals surface area contributed by atoms with Crippen molar-refractivity contribution in [1.29, 1.82) is 0 Å². The number of nitrogens with zero attached hydrogens (tertiary/aromatic N) is 1. The molecule has 4 aromatic carbocycles. The van der Waals surface area contributed by atoms with Crippen molar-refractivity contribution in [2.24, 2.45) is 0 Å². The van der Waals surface area contributed by atoms with Crippen molar-refractivity contribution in [3.05, 3.63) is 112 Å². The minimum atomic E-state index is -1.10. The molecule has 1 unspecified atom stereocenters. The number of aryl methyl sites for hydroxylation is 2. The molecule has 2 heterocycles. The lowest BCUT2D eigenvalue weighted by atomic mass is 9.77. The van der Waals surface area contributed by atoms with Crippen LogP contribution in [0, 0.1) is 13.8 Å². The summed E-state index contributed by atoms with van der Waals surface area (Å²) in [5.74, 6) is 1.14. The number of carbonyl (C=O) groups excluding carboxylic acids is 1. The van der Waals surface area contributed by atoms with E-state index in [-0.39, 0.29) is 5.97 Å². The molecular weight excluding hydrogens is 544 g/mol. The first-order valence-electron chi connectivity index (χ1n) is 16.3. The van der Waals surface area contributed by atoms with Crippen LogP contribution in [0.3, 0.4) is 0 Å². The van der Waals surface area contributed by atoms with Gasteiger partial charge in [0.15, 0.2) is 5.60 Å². The molecule has 5 nitrogen and oxygen atoms in total. The SMILES string of the molecule is CCCCCCCN(CCCC)c1ccc2c(c1)Oc1cc(C)c(Nc3cccc(C)c3)cc1C21OC(=O)c2ccccc21. The van der Waals surface area contributed by atoms with E-state index in [4.69, 9.17) is 9.47 Å². The van der Waals surface area contributed by atoms with Crippen LogP contribution in [0.2, 0.25) is 0 Å². The molecule has 0 aromatic heterocycles. The highest BCUT2D eigenvalue weighted by Gasteiger charge is 2.53. The number of hydrogen-bond acceptors (Lipinski definition) is 5. The number of nitrogens with one attached hydrogen (secondary N) is 1. The summed E-state index contributed by atoms with van der Waals surface area (Å²) in [7, 11) is 0. The highest BCUT2D eigenvalue weighted by molar-refractivity contribution is 5.97. The summed E-state index contributed by atoms with van der Waals surface area (Å²) in [6.07, 6.45) is 8.55. The van der Waals surface area contributed by atoms with Gasteiger partial charge in [0, 0.05) is 52.9 Å². The summed E-state index contributed by atoms with van der Waals surface area (Å²) >= 11 is 0. The first-order chi connectivity index (χ1) is 21.4. The van der Waals surface area contributed by atoms with Crippen molar-refractivity contribution < 1.29 is 14.3 Å². The number of fused-ring (bicyclic) bond motifs is 6. The number of carbonyl (C=O) groups is 1. The van der Waals surface area contributed by atoms with Crippen LogP contribution in [-0.2, 0) is 10.3 Å². The van der Waals surface area contributed by atoms with E-state index in [1.165, 1.54) is 37.7 Å². The lowest BCUT2D eigenvalue weighted by Gasteiger charge is -2.38. The summed E-state index contributed by atoms with van der Waals surface area (Å²) in [6, 6.07) is 26.7. The fourth-order valence-corrected chi connectivity index (χ4v) is 6.64. The van der Waals surface area contributed by atoms with Crippen LogP contribution in [-0.4, -0.2) is 19.1 Å². The van der Waals surface area contributed by atoms with E-state index in [1.54, 1.807) is 0 Å². The van der Waals surface area contributed by atoms with Gasteiger partial charge in [0.05, 0.1) is 5.56 Å². The van der Waals surface area contributed by atoms with Crippen molar-refractivity contribution in [1.82, 2.24) is 0 Å². The smallest absolute Gasteiger partial charge is 0.340 e. The van der Waals surface area contributed by atoms with E-state index in [1.807, 2.05) is 30.3 Å². The fraction of sp³-hybridized carbons (Fsp3) is 0.359. The van der Waals surface area contributed by atoms with E-state index in [9.17, 15) is 4.79 Å². The van der Waals surface area contributed by atoms with Crippen molar-refractivity contribution in [2.75, 3.05) is 23.3 Å². The highest BCUT2D eigenvalue weighted by Crippen LogP contribution is 2.57. The molecule has 0 saturated heterocycles. The van der Waals surface area contributed by atoms with Crippen LogP contribution in [0.25, 0.3) is 0 Å². The van der Waals surface area contributed by atoms with E-state index in [0.717, 1.165) is 71.0 Å². The Morgan fingerprint density at radius 2 is 1.50 bits per heavy atom. The lowest BCUT2D eigenvalue weighted by molar-refractivity contribution is 0.0224. The number of ether oxygens (including phenoxy) is 2. The Bertz CT molecular complexity index is 1660. The number of unbranched alkanes of at least 4 members (excludes halogenated alkanes) is 5. The molecule has 1 atom stereocenters. The van der Waals surface area contributed by atoms with Gasteiger partial charge in [-0.25, -0.2) is 4.79 Å². The Kier molecular flexibility index (Phi) is 8.65. The van der Waals surface area contributed by atoms with Crippen LogP contribution in [0.1, 0.15) is 97.0 Å². The molecule has 1 spiro atoms. The monoisotopic (exact) mass is 588 g/mol. The number of anilines is 3. The van der Waals surface area contributed by atoms with Gasteiger partial charge in [0.1, 0.15) is 11.5 Å². The Balaban J connectivity index is 1.44. The highest BCUT2D eigenvalue weighted by atomic mass is 16.6. The standard InChI is InChI=1S/C39H44N2O3/c1-5-7-9-10-13-22-41(21-8-6-2)30-19-20-33-37(25-30)43-36-24-28(4)35(40-29-16-14-15-27(3)23-29)26-34(36)39(33)32-18-12-11-17-31(32)38(42)44-39/h11-12,14-20,23-26,40H,5-10,13,21-22H2,1-4H3. The Morgan fingerprint density at radius 3 is 2.32 bits per heavy atom. The third-order valence-electron chi connectivity index (χ3n) is 9.02. The third kappa shape index (κ3) is 5.56. The molecule has 0 saturated carbocycles. The molecule has 0 aliphatic carbocycles. The van der Waals surface area contributed by atoms with Gasteiger partial charge in [0.25, 0.3) is 0 Å². The molecule has 6 rings (SSSR count). The van der Waals surface area contributed by atoms with E-state index in [0.29, 0.717) is 11.3 Å². The average molecular weight is 589 g/mol. The van der Waals surface area contributed by atoms with Gasteiger partial charge >= 0.3 is 5.97 Å². The number of benzene rings is 4. The van der Waals surface area contributed by atoms with Crippen LogP contribution >= 0.6 is 0 Å². The molecule has 1 N–H and O–H groups in total. The van der Waals surface area contributed by atoms with Crippen LogP contribution in [0.5, 0.6) is 11.5 Å². The molecule has 44 heavy (non-hydrogen) atoms. The Hall–Kier alpha value is -4.25. The van der Waals surface area contributed by atoms with Crippen molar-refractivity contribution in [3.63, 3.8) is 0 Å². The van der Waals surface area contributed by atoms with Gasteiger partial charge in [-0.3, -0.25) is 0 Å². The molecule has 5 heteroatoms. The van der Waals surface area contributed by atoms with Crippen LogP contribution < -0.4 is 15.0 Å². The molecule has 2 aliphatic rings. The largest absolute Gasteiger partial charge is 0.456 e. The summed E-state index contributed by atoms with van der Waals surface area (Å²) in [5, 5.41) is 3.60. The second kappa shape index (κ2) is 12.8. The van der Waals surface area contributed by atoms with Gasteiger partial charge in [-0.05, 0) is 80.3 Å². The van der Waals surface area contributed by atoms with Crippen LogP contribution in [0.4, 0.5) is 17.1 Å². The summed E-state index contributed by atoms with van der Waals surface area (Å²) in [6.45, 7) is 10.7. The zero-order valence-corrected chi connectivity index (χ0v) is 26.5. The van der Waals surface area contributed by atoms with Gasteiger partial charge in [-0.15, -0.1) is 0 Å². The van der Waals surface area contributed by atoms with Crippen molar-refractivity contribution >= 4 is 23.0 Å². The average Bonchev–Trinajstić information content (AvgIpc) is 3.31. The second-order valence-corrected chi connectivity index (χ2v) is 12.3. The first-order valence-corrected chi connectivity index (χ1v) is 16.3. The predicted octanol–water partition coefficient (Wildman–Crippen LogP) is 10.2. The normalized spacial score (nSPS) is 16.1. The van der Waals surface area contributed by atoms with Gasteiger partial charge in [-0.1, -0.05) is 76.3 Å². The zero-order valence-electron chi connectivity index (χ0n) is 26.5. The minimum Gasteiger partial charge on any atom is -0.456 e. The quantitative estimate of drug-likeness (QED) is 0.132. The van der Waals surface area contributed by atoms with E-state index >= 15 is 0 Å². The van der Waals surface area contributed by atoms with E-state index < -0.39 is 5.60 Å². The molecule has 2 aliphatic heterocycles. The maximum atomic E-state index is 13.4. The molecule has 0 bridgehead atoms. The molecule has 228 valence electrons. The summed E-state index contributed by atoms with van der Waals surface area (Å²) in [5.41, 5.74) is 7.39. The summed E-state index contributed by atoms with van der Waals surface area (Å²) in [4.78, 5) is 15.9. The van der Waals surface area contributed by atoms with E-state index in [2.05, 4.69) is 86.4 Å². The molecule has 4 aromatic rings. The predicted molar refractivity (Wildman–Crippen MR) is 180 cm³/mol. The fourth-order valence-electron chi connectivity index (χ4n) is 6.64. The number of hydrogen-bond donors (Lipinski definition) is 1. The second-order valence-electron chi connectivity index (χ2n) is 12.3. The molecule has 0 radical (unpaired) electrons. The number of rotatable bonds is 12. The van der Waals surface area contributed by atoms with Gasteiger partial charge < -0.3 is 19.7 Å². The number of esters is 1. The molecular formula is C39H44N2O3. The molecule has 0 amide bonds. The van der Waals surface area contributed by atoms with Crippen molar-refractivity contribution in [2.45, 2.75) is 78.2 Å². The summed E-state index contributed by atoms with van der Waals surface area (Å²) < 4.78 is 13.2. The zero-order chi connectivity index (χ0) is 30.7. The topological polar surface area (TPSA) is 50.8 Å². The minimum absolute atomic E-state index is 0.311. The third-order valence-corrected chi connectivity index (χ3v) is 9.02. The Morgan fingerprint density at radius 1 is 0.727 bits per heavy atom.